The van der Waals surface area contributed by atoms with E-state index in [-0.39, 0.29) is 0 Å². The molecule has 0 amide bonds. The molecule has 0 unspecified atom stereocenters. The Morgan fingerprint density at radius 2 is 1.29 bits per heavy atom. The van der Waals surface area contributed by atoms with Gasteiger partial charge < -0.3 is 0 Å². The van der Waals surface area contributed by atoms with Gasteiger partial charge in [-0.25, -0.2) is 9.13 Å². The predicted molar refractivity (Wildman–Crippen MR) is 91.4 cm³/mol. The summed E-state index contributed by atoms with van der Waals surface area (Å²) < 4.78 is 4.57. The summed E-state index contributed by atoms with van der Waals surface area (Å²) >= 11 is 0. The molecule has 0 radical (unpaired) electrons. The molecule has 122 valence electrons. The molecule has 0 atom stereocenters. The lowest BCUT2D eigenvalue weighted by Gasteiger charge is -2.03. The van der Waals surface area contributed by atoms with Crippen molar-refractivity contribution in [1.82, 2.24) is 4.57 Å². The van der Waals surface area contributed by atoms with Crippen molar-refractivity contribution in [3.8, 4) is 0 Å². The summed E-state index contributed by atoms with van der Waals surface area (Å²) in [5, 5.41) is 0. The highest BCUT2D eigenvalue weighted by molar-refractivity contribution is 4.78. The van der Waals surface area contributed by atoms with Crippen LogP contribution in [0.3, 0.4) is 0 Å². The third-order valence-corrected chi connectivity index (χ3v) is 4.65. The summed E-state index contributed by atoms with van der Waals surface area (Å²) in [5.41, 5.74) is 0. The monoisotopic (exact) mass is 293 g/mol. The van der Waals surface area contributed by atoms with Gasteiger partial charge in [0.05, 0.1) is 13.6 Å². The lowest BCUT2D eigenvalue weighted by Crippen LogP contribution is -2.29. The van der Waals surface area contributed by atoms with E-state index in [1.165, 1.54) is 89.4 Å². The summed E-state index contributed by atoms with van der Waals surface area (Å²) in [6.07, 6.45) is 21.5. The smallest absolute Gasteiger partial charge is 0.237 e. The second-order valence-corrected chi connectivity index (χ2v) is 6.54. The lowest BCUT2D eigenvalue weighted by molar-refractivity contribution is -0.677. The molecular weight excluding hydrogens is 256 g/mol. The molecule has 1 heterocycles. The van der Waals surface area contributed by atoms with Gasteiger partial charge in [-0.15, -0.1) is 0 Å². The maximum Gasteiger partial charge on any atom is 0.253 e. The normalized spacial score (nSPS) is 11.2. The van der Waals surface area contributed by atoms with Gasteiger partial charge in [0.1, 0.15) is 12.4 Å². The van der Waals surface area contributed by atoms with Gasteiger partial charge in [0.2, 0.25) is 0 Å². The van der Waals surface area contributed by atoms with Crippen LogP contribution in [0.15, 0.2) is 12.4 Å². The summed E-state index contributed by atoms with van der Waals surface area (Å²) in [6.45, 7) is 5.67. The Kier molecular flexibility index (Phi) is 10.3. The Bertz CT molecular complexity index is 354. The fraction of sp³-hybridized carbons (Fsp3) is 0.842. The standard InChI is InChI=1S/C19H37N2/c1-4-5-6-7-8-9-10-11-12-13-14-15-16-21-18-17-20(3)19(21)2/h17-18H,4-16H2,1-3H3/q+1. The zero-order chi connectivity index (χ0) is 15.3. The molecule has 0 fully saturated rings. The van der Waals surface area contributed by atoms with Crippen molar-refractivity contribution in [3.05, 3.63) is 18.2 Å². The van der Waals surface area contributed by atoms with E-state index in [0.29, 0.717) is 0 Å². The van der Waals surface area contributed by atoms with Gasteiger partial charge in [-0.3, -0.25) is 0 Å². The van der Waals surface area contributed by atoms with E-state index in [4.69, 9.17) is 0 Å². The van der Waals surface area contributed by atoms with Crippen LogP contribution in [-0.2, 0) is 13.6 Å². The Morgan fingerprint density at radius 1 is 0.810 bits per heavy atom. The van der Waals surface area contributed by atoms with E-state index in [2.05, 4.69) is 42.4 Å². The molecule has 2 nitrogen and oxygen atoms in total. The minimum atomic E-state index is 1.18. The van der Waals surface area contributed by atoms with Gasteiger partial charge in [0.15, 0.2) is 0 Å². The summed E-state index contributed by atoms with van der Waals surface area (Å²) in [7, 11) is 2.12. The Balaban J connectivity index is 1.84. The molecule has 1 aromatic heterocycles. The quantitative estimate of drug-likeness (QED) is 0.344. The molecule has 0 aliphatic heterocycles. The number of hydrogen-bond acceptors (Lipinski definition) is 0. The largest absolute Gasteiger partial charge is 0.253 e. The first-order chi connectivity index (χ1) is 10.3. The van der Waals surface area contributed by atoms with Crippen molar-refractivity contribution in [1.29, 1.82) is 0 Å². The third kappa shape index (κ3) is 8.28. The highest BCUT2D eigenvalue weighted by atomic mass is 15.1. The van der Waals surface area contributed by atoms with Crippen molar-refractivity contribution in [2.24, 2.45) is 7.05 Å². The van der Waals surface area contributed by atoms with Crippen LogP contribution in [0.25, 0.3) is 0 Å². The fourth-order valence-electron chi connectivity index (χ4n) is 2.96. The van der Waals surface area contributed by atoms with Crippen molar-refractivity contribution in [2.75, 3.05) is 0 Å². The second-order valence-electron chi connectivity index (χ2n) is 6.54. The number of aryl methyl sites for hydroxylation is 2. The molecule has 2 heteroatoms. The number of rotatable bonds is 13. The maximum absolute atomic E-state index is 2.37. The van der Waals surface area contributed by atoms with Crippen molar-refractivity contribution in [3.63, 3.8) is 0 Å². The topological polar surface area (TPSA) is 8.81 Å². The van der Waals surface area contributed by atoms with E-state index in [1.807, 2.05) is 0 Å². The minimum absolute atomic E-state index is 1.18. The van der Waals surface area contributed by atoms with Crippen LogP contribution in [-0.4, -0.2) is 4.57 Å². The molecule has 1 aromatic rings. The van der Waals surface area contributed by atoms with E-state index < -0.39 is 0 Å². The summed E-state index contributed by atoms with van der Waals surface area (Å²) in [5.74, 6) is 1.36. The van der Waals surface area contributed by atoms with Gasteiger partial charge in [-0.2, -0.15) is 0 Å². The fourth-order valence-corrected chi connectivity index (χ4v) is 2.96. The van der Waals surface area contributed by atoms with E-state index in [1.54, 1.807) is 0 Å². The molecule has 0 aromatic carbocycles. The van der Waals surface area contributed by atoms with E-state index in [0.717, 1.165) is 0 Å². The number of aromatic nitrogens is 2. The summed E-state index contributed by atoms with van der Waals surface area (Å²) in [6, 6.07) is 0. The second kappa shape index (κ2) is 11.8. The van der Waals surface area contributed by atoms with Gasteiger partial charge in [0, 0.05) is 6.92 Å². The summed E-state index contributed by atoms with van der Waals surface area (Å²) in [4.78, 5) is 0. The molecule has 0 N–H and O–H groups in total. The van der Waals surface area contributed by atoms with Crippen molar-refractivity contribution < 1.29 is 4.57 Å². The van der Waals surface area contributed by atoms with Crippen molar-refractivity contribution >= 4 is 0 Å². The van der Waals surface area contributed by atoms with Gasteiger partial charge in [-0.1, -0.05) is 71.1 Å². The SMILES string of the molecule is CCCCCCCCCCCCCCn1cc[n+](C)c1C. The average Bonchev–Trinajstić information content (AvgIpc) is 2.80. The van der Waals surface area contributed by atoms with Gasteiger partial charge in [0.25, 0.3) is 5.82 Å². The number of nitrogens with zero attached hydrogens (tertiary/aromatic N) is 2. The van der Waals surface area contributed by atoms with Crippen LogP contribution in [0.1, 0.15) is 89.8 Å². The molecular formula is C19H37N2+. The van der Waals surface area contributed by atoms with E-state index in [9.17, 15) is 0 Å². The molecule has 0 saturated carbocycles. The van der Waals surface area contributed by atoms with Gasteiger partial charge >= 0.3 is 0 Å². The predicted octanol–water partition coefficient (Wildman–Crippen LogP) is 5.32. The minimum Gasteiger partial charge on any atom is -0.237 e. The van der Waals surface area contributed by atoms with Crippen molar-refractivity contribution in [2.45, 2.75) is 97.4 Å². The molecule has 0 spiro atoms. The highest BCUT2D eigenvalue weighted by Gasteiger charge is 2.07. The number of imidazole rings is 1. The zero-order valence-electron chi connectivity index (χ0n) is 14.7. The van der Waals surface area contributed by atoms with Crippen LogP contribution < -0.4 is 4.57 Å². The van der Waals surface area contributed by atoms with Crippen LogP contribution in [0.2, 0.25) is 0 Å². The molecule has 0 aliphatic rings. The van der Waals surface area contributed by atoms with Crippen LogP contribution in [0.4, 0.5) is 0 Å². The Labute approximate surface area is 132 Å². The number of unbranched alkanes of at least 4 members (excludes halogenated alkanes) is 11. The first-order valence-electron chi connectivity index (χ1n) is 9.27. The lowest BCUT2D eigenvalue weighted by atomic mass is 10.1. The Hall–Kier alpha value is -0.790. The molecule has 0 aliphatic carbocycles. The molecule has 0 saturated heterocycles. The molecule has 1 rings (SSSR count). The first-order valence-corrected chi connectivity index (χ1v) is 9.27. The zero-order valence-corrected chi connectivity index (χ0v) is 14.7. The van der Waals surface area contributed by atoms with Crippen LogP contribution in [0, 0.1) is 6.92 Å². The molecule has 0 bridgehead atoms. The Morgan fingerprint density at radius 3 is 1.71 bits per heavy atom. The average molecular weight is 294 g/mol. The van der Waals surface area contributed by atoms with Gasteiger partial charge in [-0.05, 0) is 12.8 Å². The van der Waals surface area contributed by atoms with Crippen LogP contribution >= 0.6 is 0 Å². The highest BCUT2D eigenvalue weighted by Crippen LogP contribution is 2.12. The third-order valence-electron chi connectivity index (χ3n) is 4.65. The first kappa shape index (κ1) is 18.3. The van der Waals surface area contributed by atoms with Crippen LogP contribution in [0.5, 0.6) is 0 Å². The maximum atomic E-state index is 2.37. The number of hydrogen-bond donors (Lipinski definition) is 0. The molecule has 21 heavy (non-hydrogen) atoms. The van der Waals surface area contributed by atoms with E-state index >= 15 is 0 Å².